The van der Waals surface area contributed by atoms with Crippen molar-refractivity contribution < 1.29 is 9.47 Å². The molecule has 6 nitrogen and oxygen atoms in total. The molecular formula is C14H21BrN4O2Si. The average Bonchev–Trinajstić information content (AvgIpc) is 2.91. The number of pyridine rings is 1. The number of halogens is 1. The van der Waals surface area contributed by atoms with E-state index in [1.54, 1.807) is 24.2 Å². The Morgan fingerprint density at radius 1 is 1.27 bits per heavy atom. The number of ether oxygens (including phenoxy) is 2. The van der Waals surface area contributed by atoms with Gasteiger partial charge in [0.05, 0.1) is 24.6 Å². The van der Waals surface area contributed by atoms with Crippen LogP contribution < -0.4 is 4.74 Å². The lowest BCUT2D eigenvalue weighted by atomic mass is 10.2. The molecule has 0 amide bonds. The van der Waals surface area contributed by atoms with Crippen molar-refractivity contribution in [2.45, 2.75) is 32.4 Å². The van der Waals surface area contributed by atoms with Gasteiger partial charge in [-0.2, -0.15) is 0 Å². The van der Waals surface area contributed by atoms with Gasteiger partial charge in [-0.1, -0.05) is 24.9 Å². The molecule has 0 aliphatic rings. The van der Waals surface area contributed by atoms with Crippen LogP contribution in [-0.4, -0.2) is 41.8 Å². The third-order valence-corrected chi connectivity index (χ3v) is 5.25. The third-order valence-electron chi connectivity index (χ3n) is 3.11. The Morgan fingerprint density at radius 2 is 2.05 bits per heavy atom. The van der Waals surface area contributed by atoms with Gasteiger partial charge >= 0.3 is 0 Å². The summed E-state index contributed by atoms with van der Waals surface area (Å²) in [7, 11) is 0.510. The van der Waals surface area contributed by atoms with E-state index in [0.29, 0.717) is 12.6 Å². The summed E-state index contributed by atoms with van der Waals surface area (Å²) in [5.74, 6) is 0.536. The molecule has 22 heavy (non-hydrogen) atoms. The van der Waals surface area contributed by atoms with Crippen LogP contribution in [0, 0.1) is 0 Å². The molecule has 0 spiro atoms. The first-order chi connectivity index (χ1) is 10.4. The van der Waals surface area contributed by atoms with Gasteiger partial charge in [-0.15, -0.1) is 5.10 Å². The minimum atomic E-state index is -1.09. The Bertz CT molecular complexity index is 628. The molecule has 0 radical (unpaired) electrons. The lowest BCUT2D eigenvalue weighted by molar-refractivity contribution is 0.0784. The molecule has 0 fully saturated rings. The lowest BCUT2D eigenvalue weighted by Crippen LogP contribution is -2.22. The summed E-state index contributed by atoms with van der Waals surface area (Å²) in [6.45, 7) is 8.10. The van der Waals surface area contributed by atoms with Crippen molar-refractivity contribution in [3.8, 4) is 17.1 Å². The van der Waals surface area contributed by atoms with Gasteiger partial charge in [-0.25, -0.2) is 9.67 Å². The fourth-order valence-corrected chi connectivity index (χ4v) is 2.95. The fraction of sp³-hybridized carbons (Fsp3) is 0.500. The van der Waals surface area contributed by atoms with Crippen molar-refractivity contribution in [3.05, 3.63) is 22.9 Å². The number of aromatic nitrogens is 4. The number of rotatable bonds is 7. The van der Waals surface area contributed by atoms with Crippen LogP contribution in [0.25, 0.3) is 11.3 Å². The van der Waals surface area contributed by atoms with E-state index in [2.05, 4.69) is 50.9 Å². The third kappa shape index (κ3) is 4.62. The number of hydrogen-bond donors (Lipinski definition) is 0. The number of methoxy groups -OCH3 is 1. The van der Waals surface area contributed by atoms with Crippen LogP contribution in [0.5, 0.6) is 5.88 Å². The zero-order valence-electron chi connectivity index (χ0n) is 13.3. The van der Waals surface area contributed by atoms with Crippen molar-refractivity contribution in [2.24, 2.45) is 0 Å². The molecule has 0 saturated heterocycles. The van der Waals surface area contributed by atoms with Gasteiger partial charge < -0.3 is 9.47 Å². The van der Waals surface area contributed by atoms with E-state index in [1.165, 1.54) is 0 Å². The molecule has 8 heteroatoms. The van der Waals surface area contributed by atoms with Crippen LogP contribution in [0.1, 0.15) is 0 Å². The predicted molar refractivity (Wildman–Crippen MR) is 91.6 cm³/mol. The zero-order valence-corrected chi connectivity index (χ0v) is 15.9. The van der Waals surface area contributed by atoms with Crippen LogP contribution in [0.4, 0.5) is 0 Å². The zero-order chi connectivity index (χ0) is 16.2. The summed E-state index contributed by atoms with van der Waals surface area (Å²) >= 11 is 3.43. The number of nitrogens with zero attached hydrogens (tertiary/aromatic N) is 4. The fourth-order valence-electron chi connectivity index (χ4n) is 1.86. The summed E-state index contributed by atoms with van der Waals surface area (Å²) in [6, 6.07) is 3.06. The van der Waals surface area contributed by atoms with E-state index in [1.807, 2.05) is 6.07 Å². The number of hydrogen-bond acceptors (Lipinski definition) is 5. The van der Waals surface area contributed by atoms with Gasteiger partial charge in [0.15, 0.2) is 0 Å². The first-order valence-electron chi connectivity index (χ1n) is 7.07. The Hall–Kier alpha value is -1.25. The predicted octanol–water partition coefficient (Wildman–Crippen LogP) is 3.42. The van der Waals surface area contributed by atoms with Crippen LogP contribution in [0.3, 0.4) is 0 Å². The topological polar surface area (TPSA) is 62.1 Å². The van der Waals surface area contributed by atoms with Gasteiger partial charge in [-0.05, 0) is 28.0 Å². The van der Waals surface area contributed by atoms with Crippen molar-refractivity contribution in [2.75, 3.05) is 13.7 Å². The van der Waals surface area contributed by atoms with Crippen LogP contribution >= 0.6 is 15.9 Å². The highest BCUT2D eigenvalue weighted by molar-refractivity contribution is 9.10. The molecule has 0 N–H and O–H groups in total. The molecule has 2 aromatic heterocycles. The lowest BCUT2D eigenvalue weighted by Gasteiger charge is -2.15. The van der Waals surface area contributed by atoms with Crippen molar-refractivity contribution in [1.82, 2.24) is 20.0 Å². The Labute approximate surface area is 140 Å². The highest BCUT2D eigenvalue weighted by atomic mass is 79.9. The second-order valence-corrected chi connectivity index (χ2v) is 12.7. The molecule has 0 saturated carbocycles. The normalized spacial score (nSPS) is 11.7. The smallest absolute Gasteiger partial charge is 0.222 e. The van der Waals surface area contributed by atoms with Gasteiger partial charge in [0.2, 0.25) is 5.88 Å². The average molecular weight is 385 g/mol. The standard InChI is InChI=1S/C14H21BrN4O2Si/c1-20-14-12(7-11(15)8-16-14)13-9-17-18-19(13)10-21-5-6-22(2,3)4/h7-9H,5-6,10H2,1-4H3. The van der Waals surface area contributed by atoms with Gasteiger partial charge in [-0.3, -0.25) is 0 Å². The Morgan fingerprint density at radius 3 is 2.73 bits per heavy atom. The largest absolute Gasteiger partial charge is 0.481 e. The maximum Gasteiger partial charge on any atom is 0.222 e. The van der Waals surface area contributed by atoms with E-state index in [0.717, 1.165) is 28.4 Å². The molecule has 0 aliphatic heterocycles. The second-order valence-electron chi connectivity index (χ2n) is 6.18. The molecule has 0 aromatic carbocycles. The Kier molecular flexibility index (Phi) is 5.71. The van der Waals surface area contributed by atoms with Gasteiger partial charge in [0.1, 0.15) is 6.73 Å². The molecule has 0 unspecified atom stereocenters. The minimum Gasteiger partial charge on any atom is -0.481 e. The van der Waals surface area contributed by atoms with E-state index in [-0.39, 0.29) is 0 Å². The summed E-state index contributed by atoms with van der Waals surface area (Å²) in [5, 5.41) is 8.06. The molecule has 120 valence electrons. The van der Waals surface area contributed by atoms with E-state index in [4.69, 9.17) is 9.47 Å². The monoisotopic (exact) mass is 384 g/mol. The molecule has 0 atom stereocenters. The quantitative estimate of drug-likeness (QED) is 0.540. The molecule has 0 aliphatic carbocycles. The first-order valence-corrected chi connectivity index (χ1v) is 11.6. The van der Waals surface area contributed by atoms with E-state index in [9.17, 15) is 0 Å². The van der Waals surface area contributed by atoms with Crippen LogP contribution in [0.2, 0.25) is 25.7 Å². The molecular weight excluding hydrogens is 364 g/mol. The molecule has 0 bridgehead atoms. The summed E-state index contributed by atoms with van der Waals surface area (Å²) < 4.78 is 13.6. The summed E-state index contributed by atoms with van der Waals surface area (Å²) in [5.41, 5.74) is 1.65. The molecule has 2 aromatic rings. The van der Waals surface area contributed by atoms with E-state index < -0.39 is 8.07 Å². The van der Waals surface area contributed by atoms with Crippen LogP contribution in [0.15, 0.2) is 22.9 Å². The second kappa shape index (κ2) is 7.34. The highest BCUT2D eigenvalue weighted by Gasteiger charge is 2.15. The Balaban J connectivity index is 2.11. The summed E-state index contributed by atoms with van der Waals surface area (Å²) in [6.07, 6.45) is 3.38. The van der Waals surface area contributed by atoms with Crippen molar-refractivity contribution in [1.29, 1.82) is 0 Å². The molecule has 2 rings (SSSR count). The highest BCUT2D eigenvalue weighted by Crippen LogP contribution is 2.29. The van der Waals surface area contributed by atoms with E-state index >= 15 is 0 Å². The molecule has 2 heterocycles. The van der Waals surface area contributed by atoms with Crippen molar-refractivity contribution >= 4 is 24.0 Å². The maximum atomic E-state index is 5.74. The van der Waals surface area contributed by atoms with Gasteiger partial charge in [0.25, 0.3) is 0 Å². The van der Waals surface area contributed by atoms with Crippen LogP contribution in [-0.2, 0) is 11.5 Å². The maximum absolute atomic E-state index is 5.74. The van der Waals surface area contributed by atoms with Gasteiger partial charge in [0, 0.05) is 25.4 Å². The summed E-state index contributed by atoms with van der Waals surface area (Å²) in [4.78, 5) is 4.25. The minimum absolute atomic E-state index is 0.371. The van der Waals surface area contributed by atoms with Crippen molar-refractivity contribution in [3.63, 3.8) is 0 Å². The first kappa shape index (κ1) is 17.1. The SMILES string of the molecule is COc1ncc(Br)cc1-c1cnnn1COCC[Si](C)(C)C.